The summed E-state index contributed by atoms with van der Waals surface area (Å²) < 4.78 is 22.9. The molecule has 0 radical (unpaired) electrons. The summed E-state index contributed by atoms with van der Waals surface area (Å²) in [6.07, 6.45) is 10.8. The van der Waals surface area contributed by atoms with Crippen LogP contribution in [0, 0.1) is 11.8 Å². The van der Waals surface area contributed by atoms with Gasteiger partial charge in [0.1, 0.15) is 9.84 Å². The largest absolute Gasteiger partial charge is 0.327 e. The Bertz CT molecular complexity index is 345. The van der Waals surface area contributed by atoms with Crippen molar-refractivity contribution in [2.24, 2.45) is 17.6 Å². The Hall–Kier alpha value is -0.0900. The maximum absolute atomic E-state index is 11.5. The van der Waals surface area contributed by atoms with Crippen LogP contribution < -0.4 is 5.73 Å². The molecule has 0 aliphatic heterocycles. The van der Waals surface area contributed by atoms with Crippen LogP contribution in [0.2, 0.25) is 0 Å². The molecule has 0 aromatic carbocycles. The molecule has 0 aromatic heterocycles. The summed E-state index contributed by atoms with van der Waals surface area (Å²) in [6, 6.07) is 0.203. The molecular weight excluding hydrogens is 270 g/mol. The lowest BCUT2D eigenvalue weighted by atomic mass is 9.76. The predicted molar refractivity (Wildman–Crippen MR) is 86.5 cm³/mol. The van der Waals surface area contributed by atoms with Crippen molar-refractivity contribution in [3.63, 3.8) is 0 Å². The van der Waals surface area contributed by atoms with Gasteiger partial charge < -0.3 is 5.73 Å². The maximum atomic E-state index is 11.5. The van der Waals surface area contributed by atoms with E-state index in [0.717, 1.165) is 18.8 Å². The van der Waals surface area contributed by atoms with E-state index >= 15 is 0 Å². The molecule has 1 unspecified atom stereocenters. The number of sulfone groups is 1. The van der Waals surface area contributed by atoms with E-state index in [0.29, 0.717) is 11.7 Å². The summed E-state index contributed by atoms with van der Waals surface area (Å²) in [5.74, 6) is 2.10. The molecule has 0 bridgehead atoms. The average Bonchev–Trinajstić information content (AvgIpc) is 2.45. The molecule has 0 spiro atoms. The first-order valence-electron chi connectivity index (χ1n) is 8.44. The monoisotopic (exact) mass is 303 g/mol. The van der Waals surface area contributed by atoms with E-state index < -0.39 is 9.84 Å². The van der Waals surface area contributed by atoms with Crippen molar-refractivity contribution < 1.29 is 8.42 Å². The quantitative estimate of drug-likeness (QED) is 0.709. The van der Waals surface area contributed by atoms with Crippen LogP contribution in [0.25, 0.3) is 0 Å². The van der Waals surface area contributed by atoms with E-state index in [9.17, 15) is 8.42 Å². The van der Waals surface area contributed by atoms with E-state index in [1.54, 1.807) is 6.92 Å². The third-order valence-corrected chi connectivity index (χ3v) is 6.69. The van der Waals surface area contributed by atoms with Gasteiger partial charge in [0.2, 0.25) is 0 Å². The molecule has 2 N–H and O–H groups in total. The number of rotatable bonds is 9. The second kappa shape index (κ2) is 9.04. The summed E-state index contributed by atoms with van der Waals surface area (Å²) in [4.78, 5) is 0. The zero-order chi connectivity index (χ0) is 15.0. The van der Waals surface area contributed by atoms with Crippen LogP contribution in [0.3, 0.4) is 0 Å². The lowest BCUT2D eigenvalue weighted by Gasteiger charge is -2.32. The van der Waals surface area contributed by atoms with E-state index in [-0.39, 0.29) is 11.8 Å². The van der Waals surface area contributed by atoms with Crippen molar-refractivity contribution in [1.82, 2.24) is 0 Å². The van der Waals surface area contributed by atoms with Gasteiger partial charge in [-0.15, -0.1) is 0 Å². The fourth-order valence-electron chi connectivity index (χ4n) is 3.32. The normalized spacial score (nSPS) is 25.6. The lowest BCUT2D eigenvalue weighted by Crippen LogP contribution is -2.33. The Morgan fingerprint density at radius 1 is 1.10 bits per heavy atom. The first kappa shape index (κ1) is 18.0. The molecule has 1 aliphatic carbocycles. The van der Waals surface area contributed by atoms with Gasteiger partial charge in [0.25, 0.3) is 0 Å². The molecule has 1 atom stereocenters. The van der Waals surface area contributed by atoms with E-state index in [4.69, 9.17) is 5.73 Å². The van der Waals surface area contributed by atoms with E-state index in [1.165, 1.54) is 44.9 Å². The standard InChI is InChI=1S/C16H33NO2S/c1-3-5-7-14-9-11-15(12-10-14)16(17)8-6-13-20(18,19)4-2/h14-16H,3-13,17H2,1-2H3. The summed E-state index contributed by atoms with van der Waals surface area (Å²) in [7, 11) is -2.82. The van der Waals surface area contributed by atoms with E-state index in [2.05, 4.69) is 6.92 Å². The molecule has 3 nitrogen and oxygen atoms in total. The zero-order valence-corrected chi connectivity index (χ0v) is 14.1. The van der Waals surface area contributed by atoms with Gasteiger partial charge in [-0.05, 0) is 37.5 Å². The first-order chi connectivity index (χ1) is 9.48. The Kier molecular flexibility index (Phi) is 8.11. The molecule has 0 saturated heterocycles. The highest BCUT2D eigenvalue weighted by Gasteiger charge is 2.25. The molecule has 0 heterocycles. The van der Waals surface area contributed by atoms with Gasteiger partial charge in [-0.2, -0.15) is 0 Å². The van der Waals surface area contributed by atoms with Crippen LogP contribution in [0.5, 0.6) is 0 Å². The van der Waals surface area contributed by atoms with Gasteiger partial charge in [-0.3, -0.25) is 0 Å². The molecule has 1 saturated carbocycles. The van der Waals surface area contributed by atoms with Gasteiger partial charge in [0, 0.05) is 11.8 Å². The van der Waals surface area contributed by atoms with Crippen LogP contribution in [0.15, 0.2) is 0 Å². The lowest BCUT2D eigenvalue weighted by molar-refractivity contribution is 0.226. The molecule has 120 valence electrons. The molecule has 4 heteroatoms. The Morgan fingerprint density at radius 3 is 2.30 bits per heavy atom. The Morgan fingerprint density at radius 2 is 1.75 bits per heavy atom. The molecule has 1 rings (SSSR count). The minimum atomic E-state index is -2.82. The first-order valence-corrected chi connectivity index (χ1v) is 10.3. The Balaban J connectivity index is 2.20. The topological polar surface area (TPSA) is 60.2 Å². The molecule has 0 aromatic rings. The highest BCUT2D eigenvalue weighted by Crippen LogP contribution is 2.33. The van der Waals surface area contributed by atoms with Gasteiger partial charge in [0.15, 0.2) is 0 Å². The number of hydrogen-bond donors (Lipinski definition) is 1. The van der Waals surface area contributed by atoms with E-state index in [1.807, 2.05) is 0 Å². The predicted octanol–water partition coefficient (Wildman–Crippen LogP) is 3.53. The smallest absolute Gasteiger partial charge is 0.150 e. The van der Waals surface area contributed by atoms with Crippen LogP contribution in [-0.4, -0.2) is 26.0 Å². The van der Waals surface area contributed by atoms with Gasteiger partial charge >= 0.3 is 0 Å². The summed E-state index contributed by atoms with van der Waals surface area (Å²) in [5, 5.41) is 0. The summed E-state index contributed by atoms with van der Waals surface area (Å²) >= 11 is 0. The molecular formula is C16H33NO2S. The highest BCUT2D eigenvalue weighted by molar-refractivity contribution is 7.91. The molecule has 20 heavy (non-hydrogen) atoms. The molecule has 0 amide bonds. The van der Waals surface area contributed by atoms with Crippen LogP contribution in [0.1, 0.15) is 71.6 Å². The fraction of sp³-hybridized carbons (Fsp3) is 1.00. The summed E-state index contributed by atoms with van der Waals surface area (Å²) in [6.45, 7) is 3.97. The maximum Gasteiger partial charge on any atom is 0.150 e. The SMILES string of the molecule is CCCCC1CCC(C(N)CCCS(=O)(=O)CC)CC1. The van der Waals surface area contributed by atoms with Crippen molar-refractivity contribution in [2.45, 2.75) is 77.7 Å². The minimum absolute atomic E-state index is 0.203. The van der Waals surface area contributed by atoms with Crippen molar-refractivity contribution in [1.29, 1.82) is 0 Å². The van der Waals surface area contributed by atoms with Crippen molar-refractivity contribution in [3.8, 4) is 0 Å². The minimum Gasteiger partial charge on any atom is -0.327 e. The third-order valence-electron chi connectivity index (χ3n) is 4.90. The fourth-order valence-corrected chi connectivity index (χ4v) is 4.21. The second-order valence-electron chi connectivity index (χ2n) is 6.47. The molecule has 1 aliphatic rings. The van der Waals surface area contributed by atoms with Gasteiger partial charge in [0.05, 0.1) is 5.75 Å². The van der Waals surface area contributed by atoms with Crippen LogP contribution in [-0.2, 0) is 9.84 Å². The van der Waals surface area contributed by atoms with Crippen LogP contribution in [0.4, 0.5) is 0 Å². The van der Waals surface area contributed by atoms with Crippen molar-refractivity contribution >= 4 is 9.84 Å². The number of hydrogen-bond acceptors (Lipinski definition) is 3. The van der Waals surface area contributed by atoms with Gasteiger partial charge in [-0.1, -0.05) is 46.0 Å². The second-order valence-corrected chi connectivity index (χ2v) is 8.94. The Labute approximate surface area is 125 Å². The van der Waals surface area contributed by atoms with Crippen molar-refractivity contribution in [2.75, 3.05) is 11.5 Å². The van der Waals surface area contributed by atoms with Gasteiger partial charge in [-0.25, -0.2) is 8.42 Å². The third kappa shape index (κ3) is 6.57. The number of nitrogens with two attached hydrogens (primary N) is 1. The van der Waals surface area contributed by atoms with Crippen molar-refractivity contribution in [3.05, 3.63) is 0 Å². The summed E-state index contributed by atoms with van der Waals surface area (Å²) in [5.41, 5.74) is 6.27. The van der Waals surface area contributed by atoms with Crippen LogP contribution >= 0.6 is 0 Å². The highest BCUT2D eigenvalue weighted by atomic mass is 32.2. The average molecular weight is 304 g/mol. The molecule has 1 fully saturated rings. The zero-order valence-electron chi connectivity index (χ0n) is 13.3. The number of unbranched alkanes of at least 4 members (excludes halogenated alkanes) is 1.